The zero-order valence-corrected chi connectivity index (χ0v) is 18.4. The summed E-state index contributed by atoms with van der Waals surface area (Å²) in [5.41, 5.74) is 2.70. The Morgan fingerprint density at radius 3 is 2.43 bits per heavy atom. The van der Waals surface area contributed by atoms with Gasteiger partial charge in [0, 0.05) is 21.2 Å². The summed E-state index contributed by atoms with van der Waals surface area (Å²) in [5.74, 6) is 1.18. The number of ether oxygens (including phenoxy) is 2. The molecule has 0 aliphatic heterocycles. The molecule has 0 spiro atoms. The molecule has 0 saturated carbocycles. The minimum Gasteiger partial charge on any atom is -0.490 e. The van der Waals surface area contributed by atoms with E-state index in [2.05, 4.69) is 6.07 Å². The molecule has 0 atom stereocenters. The van der Waals surface area contributed by atoms with Gasteiger partial charge in [0.2, 0.25) is 0 Å². The van der Waals surface area contributed by atoms with E-state index in [-0.39, 0.29) is 0 Å². The molecule has 152 valence electrons. The third kappa shape index (κ3) is 5.49. The van der Waals surface area contributed by atoms with Gasteiger partial charge in [0.15, 0.2) is 11.5 Å². The number of halogens is 3. The Kier molecular flexibility index (Phi) is 7.65. The zero-order chi connectivity index (χ0) is 21.5. The Hall–Kier alpha value is -2.64. The molecule has 0 aliphatic rings. The highest BCUT2D eigenvalue weighted by atomic mass is 35.5. The molecule has 0 heterocycles. The molecule has 0 aromatic heterocycles. The molecule has 0 saturated heterocycles. The number of nitrogens with zero attached hydrogens (tertiary/aromatic N) is 1. The Morgan fingerprint density at radius 1 is 0.933 bits per heavy atom. The van der Waals surface area contributed by atoms with Gasteiger partial charge in [-0.1, -0.05) is 65.1 Å². The molecule has 3 aromatic carbocycles. The first-order chi connectivity index (χ1) is 14.5. The van der Waals surface area contributed by atoms with E-state index in [0.717, 1.165) is 11.1 Å². The number of rotatable bonds is 7. The van der Waals surface area contributed by atoms with Crippen molar-refractivity contribution in [2.24, 2.45) is 0 Å². The highest BCUT2D eigenvalue weighted by Gasteiger charge is 2.11. The normalized spacial score (nSPS) is 11.1. The molecular formula is C24H18Cl3NO2. The van der Waals surface area contributed by atoms with E-state index in [1.165, 1.54) is 0 Å². The smallest absolute Gasteiger partial charge is 0.161 e. The van der Waals surface area contributed by atoms with Gasteiger partial charge in [0.25, 0.3) is 0 Å². The van der Waals surface area contributed by atoms with Crippen LogP contribution in [0.25, 0.3) is 11.6 Å². The zero-order valence-electron chi connectivity index (χ0n) is 16.2. The van der Waals surface area contributed by atoms with Gasteiger partial charge in [0.1, 0.15) is 6.61 Å². The fraction of sp³-hybridized carbons (Fsp3) is 0.125. The van der Waals surface area contributed by atoms with E-state index in [1.54, 1.807) is 24.3 Å². The Morgan fingerprint density at radius 2 is 1.73 bits per heavy atom. The lowest BCUT2D eigenvalue weighted by Gasteiger charge is -2.13. The molecule has 0 radical (unpaired) electrons. The molecule has 0 unspecified atom stereocenters. The van der Waals surface area contributed by atoms with Gasteiger partial charge in [-0.15, -0.1) is 0 Å². The first-order valence-electron chi connectivity index (χ1n) is 9.22. The average Bonchev–Trinajstić information content (AvgIpc) is 2.73. The first kappa shape index (κ1) is 22.1. The van der Waals surface area contributed by atoms with Crippen LogP contribution in [-0.2, 0) is 6.61 Å². The van der Waals surface area contributed by atoms with Crippen LogP contribution in [0.5, 0.6) is 11.5 Å². The number of hydrogen-bond acceptors (Lipinski definition) is 3. The molecule has 0 amide bonds. The van der Waals surface area contributed by atoms with Crippen molar-refractivity contribution in [3.05, 3.63) is 92.4 Å². The lowest BCUT2D eigenvalue weighted by atomic mass is 10.0. The summed E-state index contributed by atoms with van der Waals surface area (Å²) in [4.78, 5) is 0. The van der Waals surface area contributed by atoms with E-state index < -0.39 is 0 Å². The summed E-state index contributed by atoms with van der Waals surface area (Å²) in [6.45, 7) is 2.69. The van der Waals surface area contributed by atoms with Crippen LogP contribution in [0.1, 0.15) is 23.6 Å². The van der Waals surface area contributed by atoms with E-state index in [4.69, 9.17) is 44.3 Å². The highest BCUT2D eigenvalue weighted by Crippen LogP contribution is 2.33. The van der Waals surface area contributed by atoms with Crippen LogP contribution < -0.4 is 9.47 Å². The molecule has 0 aliphatic carbocycles. The minimum atomic E-state index is 0.318. The summed E-state index contributed by atoms with van der Waals surface area (Å²) < 4.78 is 11.7. The second-order valence-electron chi connectivity index (χ2n) is 6.31. The van der Waals surface area contributed by atoms with Crippen LogP contribution in [0.3, 0.4) is 0 Å². The largest absolute Gasteiger partial charge is 0.490 e. The van der Waals surface area contributed by atoms with E-state index in [9.17, 15) is 5.26 Å². The van der Waals surface area contributed by atoms with Crippen molar-refractivity contribution in [2.45, 2.75) is 13.5 Å². The number of benzene rings is 3. The molecule has 0 fully saturated rings. The fourth-order valence-electron chi connectivity index (χ4n) is 2.82. The summed E-state index contributed by atoms with van der Waals surface area (Å²) in [6, 6.07) is 20.2. The second kappa shape index (κ2) is 10.4. The van der Waals surface area contributed by atoms with Gasteiger partial charge in [-0.25, -0.2) is 0 Å². The highest BCUT2D eigenvalue weighted by molar-refractivity contribution is 6.36. The summed E-state index contributed by atoms with van der Waals surface area (Å²) in [7, 11) is 0. The Labute approximate surface area is 191 Å². The maximum atomic E-state index is 9.62. The number of nitriles is 1. The second-order valence-corrected chi connectivity index (χ2v) is 7.56. The predicted molar refractivity (Wildman–Crippen MR) is 123 cm³/mol. The maximum Gasteiger partial charge on any atom is 0.161 e. The van der Waals surface area contributed by atoms with Crippen molar-refractivity contribution in [1.29, 1.82) is 5.26 Å². The molecule has 0 N–H and O–H groups in total. The maximum absolute atomic E-state index is 9.62. The predicted octanol–water partition coefficient (Wildman–Crippen LogP) is 7.69. The topological polar surface area (TPSA) is 42.2 Å². The minimum absolute atomic E-state index is 0.318. The fourth-order valence-corrected chi connectivity index (χ4v) is 3.52. The monoisotopic (exact) mass is 457 g/mol. The molecule has 3 aromatic rings. The quantitative estimate of drug-likeness (QED) is 0.269. The molecule has 30 heavy (non-hydrogen) atoms. The van der Waals surface area contributed by atoms with Crippen LogP contribution in [0.2, 0.25) is 15.1 Å². The molecule has 3 nitrogen and oxygen atoms in total. The molecule has 6 heteroatoms. The summed E-state index contributed by atoms with van der Waals surface area (Å²) >= 11 is 18.4. The van der Waals surface area contributed by atoms with Crippen LogP contribution >= 0.6 is 34.8 Å². The SMILES string of the molecule is CCOc1cc(/C=C(\C#N)c2ccc(Cl)cc2Cl)ccc1OCc1ccccc1Cl. The van der Waals surface area contributed by atoms with Crippen LogP contribution in [-0.4, -0.2) is 6.61 Å². The van der Waals surface area contributed by atoms with Gasteiger partial charge in [-0.05, 0) is 48.9 Å². The molecule has 0 bridgehead atoms. The molecule has 3 rings (SSSR count). The number of hydrogen-bond donors (Lipinski definition) is 0. The summed E-state index contributed by atoms with van der Waals surface area (Å²) in [6.07, 6.45) is 1.75. The van der Waals surface area contributed by atoms with Crippen molar-refractivity contribution >= 4 is 46.5 Å². The first-order valence-corrected chi connectivity index (χ1v) is 10.4. The van der Waals surface area contributed by atoms with E-state index in [1.807, 2.05) is 49.4 Å². The third-order valence-corrected chi connectivity index (χ3v) is 5.18. The Balaban J connectivity index is 1.89. The van der Waals surface area contributed by atoms with Crippen molar-refractivity contribution in [2.75, 3.05) is 6.61 Å². The average molecular weight is 459 g/mol. The van der Waals surface area contributed by atoms with Crippen molar-refractivity contribution in [1.82, 2.24) is 0 Å². The van der Waals surface area contributed by atoms with Crippen molar-refractivity contribution < 1.29 is 9.47 Å². The van der Waals surface area contributed by atoms with Gasteiger partial charge < -0.3 is 9.47 Å². The van der Waals surface area contributed by atoms with Crippen LogP contribution in [0, 0.1) is 11.3 Å². The van der Waals surface area contributed by atoms with Gasteiger partial charge in [-0.3, -0.25) is 0 Å². The summed E-state index contributed by atoms with van der Waals surface area (Å²) in [5, 5.41) is 11.2. The standard InChI is InChI=1S/C24H18Cl3NO2/c1-2-29-24-12-16(11-18(14-28)20-9-8-19(25)13-22(20)27)7-10-23(24)30-15-17-5-3-4-6-21(17)26/h3-13H,2,15H2,1H3/b18-11+. The van der Waals surface area contributed by atoms with Crippen LogP contribution in [0.15, 0.2) is 60.7 Å². The Bertz CT molecular complexity index is 1120. The number of allylic oxidation sites excluding steroid dienone is 1. The van der Waals surface area contributed by atoms with Gasteiger partial charge in [0.05, 0.1) is 23.3 Å². The van der Waals surface area contributed by atoms with Gasteiger partial charge >= 0.3 is 0 Å². The lowest BCUT2D eigenvalue weighted by Crippen LogP contribution is -2.00. The van der Waals surface area contributed by atoms with Crippen molar-refractivity contribution in [3.63, 3.8) is 0 Å². The van der Waals surface area contributed by atoms with Gasteiger partial charge in [-0.2, -0.15) is 5.26 Å². The van der Waals surface area contributed by atoms with E-state index in [0.29, 0.717) is 50.9 Å². The lowest BCUT2D eigenvalue weighted by molar-refractivity contribution is 0.269. The van der Waals surface area contributed by atoms with E-state index >= 15 is 0 Å². The molecular weight excluding hydrogens is 441 g/mol. The van der Waals surface area contributed by atoms with Crippen molar-refractivity contribution in [3.8, 4) is 17.6 Å². The van der Waals surface area contributed by atoms with Crippen LogP contribution in [0.4, 0.5) is 0 Å². The third-order valence-electron chi connectivity index (χ3n) is 4.26.